The molecule has 2 aliphatic rings. The highest BCUT2D eigenvalue weighted by Crippen LogP contribution is 2.42. The van der Waals surface area contributed by atoms with E-state index in [1.807, 2.05) is 0 Å². The summed E-state index contributed by atoms with van der Waals surface area (Å²) >= 11 is 0. The summed E-state index contributed by atoms with van der Waals surface area (Å²) in [6.07, 6.45) is 5.08. The van der Waals surface area contributed by atoms with Gasteiger partial charge in [0.2, 0.25) is 0 Å². The molecule has 116 valence electrons. The van der Waals surface area contributed by atoms with Gasteiger partial charge in [-0.2, -0.15) is 0 Å². The molecule has 1 N–H and O–H groups in total. The van der Waals surface area contributed by atoms with Crippen LogP contribution in [0.15, 0.2) is 24.3 Å². The molecule has 2 unspecified atom stereocenters. The van der Waals surface area contributed by atoms with Crippen LogP contribution in [0.2, 0.25) is 0 Å². The van der Waals surface area contributed by atoms with Crippen molar-refractivity contribution < 1.29 is 9.47 Å². The predicted octanol–water partition coefficient (Wildman–Crippen LogP) is 3.55. The Labute approximate surface area is 128 Å². The first-order valence-electron chi connectivity index (χ1n) is 8.25. The van der Waals surface area contributed by atoms with E-state index in [-0.39, 0.29) is 0 Å². The Balaban J connectivity index is 1.66. The largest absolute Gasteiger partial charge is 0.497 e. The smallest absolute Gasteiger partial charge is 0.118 e. The summed E-state index contributed by atoms with van der Waals surface area (Å²) in [7, 11) is 1.72. The summed E-state index contributed by atoms with van der Waals surface area (Å²) in [6, 6.07) is 9.63. The van der Waals surface area contributed by atoms with Crippen LogP contribution in [0.5, 0.6) is 5.75 Å². The molecule has 1 heterocycles. The van der Waals surface area contributed by atoms with E-state index in [9.17, 15) is 0 Å². The lowest BCUT2D eigenvalue weighted by Crippen LogP contribution is -2.39. The first-order chi connectivity index (χ1) is 10.3. The van der Waals surface area contributed by atoms with Gasteiger partial charge in [0.1, 0.15) is 5.75 Å². The Hall–Kier alpha value is -1.06. The maximum absolute atomic E-state index is 5.48. The number of methoxy groups -OCH3 is 1. The predicted molar refractivity (Wildman–Crippen MR) is 84.6 cm³/mol. The van der Waals surface area contributed by atoms with E-state index in [0.717, 1.165) is 30.8 Å². The molecule has 0 aromatic heterocycles. The Morgan fingerprint density at radius 3 is 2.29 bits per heavy atom. The lowest BCUT2D eigenvalue weighted by atomic mass is 9.91. The number of benzene rings is 1. The number of hydrogen-bond acceptors (Lipinski definition) is 3. The molecule has 21 heavy (non-hydrogen) atoms. The van der Waals surface area contributed by atoms with Gasteiger partial charge in [-0.3, -0.25) is 0 Å². The van der Waals surface area contributed by atoms with E-state index in [1.54, 1.807) is 7.11 Å². The summed E-state index contributed by atoms with van der Waals surface area (Å²) in [5.74, 6) is 2.49. The van der Waals surface area contributed by atoms with Gasteiger partial charge < -0.3 is 14.8 Å². The van der Waals surface area contributed by atoms with Crippen molar-refractivity contribution in [3.8, 4) is 5.75 Å². The summed E-state index contributed by atoms with van der Waals surface area (Å²) in [6.45, 7) is 4.19. The van der Waals surface area contributed by atoms with E-state index >= 15 is 0 Å². The zero-order chi connectivity index (χ0) is 14.7. The molecule has 0 amide bonds. The van der Waals surface area contributed by atoms with Crippen LogP contribution in [0, 0.1) is 11.8 Å². The van der Waals surface area contributed by atoms with Gasteiger partial charge in [-0.25, -0.2) is 0 Å². The lowest BCUT2D eigenvalue weighted by molar-refractivity contribution is 0.0539. The average Bonchev–Trinajstić information content (AvgIpc) is 3.38. The monoisotopic (exact) mass is 289 g/mol. The zero-order valence-corrected chi connectivity index (χ0v) is 13.2. The fourth-order valence-corrected chi connectivity index (χ4v) is 3.38. The highest BCUT2D eigenvalue weighted by atomic mass is 16.5. The van der Waals surface area contributed by atoms with Crippen molar-refractivity contribution >= 4 is 0 Å². The van der Waals surface area contributed by atoms with Crippen molar-refractivity contribution in [2.24, 2.45) is 11.8 Å². The average molecular weight is 289 g/mol. The van der Waals surface area contributed by atoms with Gasteiger partial charge in [0.15, 0.2) is 0 Å². The standard InChI is InChI=1S/C18H27NO2/c1-13(14-9-11-21-12-10-14)19-18(15-3-4-15)16-5-7-17(20-2)8-6-16/h5-8,13-15,18-19H,3-4,9-12H2,1-2H3. The van der Waals surface area contributed by atoms with Crippen LogP contribution in [0.4, 0.5) is 0 Å². The van der Waals surface area contributed by atoms with Gasteiger partial charge in [-0.05, 0) is 62.1 Å². The number of hydrogen-bond donors (Lipinski definition) is 1. The number of rotatable bonds is 6. The highest BCUT2D eigenvalue weighted by Gasteiger charge is 2.34. The molecule has 0 radical (unpaired) electrons. The number of ether oxygens (including phenoxy) is 2. The molecule has 3 rings (SSSR count). The van der Waals surface area contributed by atoms with Crippen LogP contribution < -0.4 is 10.1 Å². The van der Waals surface area contributed by atoms with E-state index < -0.39 is 0 Å². The van der Waals surface area contributed by atoms with Crippen molar-refractivity contribution in [2.45, 2.75) is 44.7 Å². The summed E-state index contributed by atoms with van der Waals surface area (Å²) in [4.78, 5) is 0. The topological polar surface area (TPSA) is 30.5 Å². The third kappa shape index (κ3) is 3.78. The lowest BCUT2D eigenvalue weighted by Gasteiger charge is -2.32. The molecular formula is C18H27NO2. The minimum atomic E-state index is 0.494. The van der Waals surface area contributed by atoms with Crippen LogP contribution in [0.25, 0.3) is 0 Å². The Kier molecular flexibility index (Phi) is 4.81. The van der Waals surface area contributed by atoms with Crippen molar-refractivity contribution in [1.29, 1.82) is 0 Å². The van der Waals surface area contributed by atoms with Gasteiger partial charge >= 0.3 is 0 Å². The maximum Gasteiger partial charge on any atom is 0.118 e. The molecule has 3 heteroatoms. The van der Waals surface area contributed by atoms with Gasteiger partial charge in [0, 0.05) is 25.3 Å². The van der Waals surface area contributed by atoms with Crippen LogP contribution >= 0.6 is 0 Å². The van der Waals surface area contributed by atoms with Gasteiger partial charge in [0.05, 0.1) is 7.11 Å². The van der Waals surface area contributed by atoms with Gasteiger partial charge in [-0.15, -0.1) is 0 Å². The fourth-order valence-electron chi connectivity index (χ4n) is 3.38. The summed E-state index contributed by atoms with van der Waals surface area (Å²) in [5, 5.41) is 3.91. The molecule has 1 aliphatic heterocycles. The fraction of sp³-hybridized carbons (Fsp3) is 0.667. The minimum Gasteiger partial charge on any atom is -0.497 e. The Bertz CT molecular complexity index is 435. The van der Waals surface area contributed by atoms with Crippen molar-refractivity contribution in [1.82, 2.24) is 5.32 Å². The van der Waals surface area contributed by atoms with Crippen molar-refractivity contribution in [2.75, 3.05) is 20.3 Å². The molecule has 2 atom stereocenters. The van der Waals surface area contributed by atoms with Crippen LogP contribution in [0.3, 0.4) is 0 Å². The molecule has 1 aliphatic carbocycles. The van der Waals surface area contributed by atoms with Gasteiger partial charge in [0.25, 0.3) is 0 Å². The maximum atomic E-state index is 5.48. The van der Waals surface area contributed by atoms with E-state index in [1.165, 1.54) is 31.2 Å². The SMILES string of the molecule is COc1ccc(C(NC(C)C2CCOCC2)C2CC2)cc1. The first-order valence-corrected chi connectivity index (χ1v) is 8.25. The first kappa shape index (κ1) is 14.9. The summed E-state index contributed by atoms with van der Waals surface area (Å²) in [5.41, 5.74) is 1.40. The van der Waals surface area contributed by atoms with Crippen molar-refractivity contribution in [3.05, 3.63) is 29.8 Å². The molecule has 1 saturated carbocycles. The number of nitrogens with one attached hydrogen (secondary N) is 1. The second-order valence-electron chi connectivity index (χ2n) is 6.49. The van der Waals surface area contributed by atoms with E-state index in [0.29, 0.717) is 12.1 Å². The van der Waals surface area contributed by atoms with Gasteiger partial charge in [-0.1, -0.05) is 12.1 Å². The molecule has 0 spiro atoms. The third-order valence-electron chi connectivity index (χ3n) is 4.98. The quantitative estimate of drug-likeness (QED) is 0.868. The molecule has 1 aromatic carbocycles. The van der Waals surface area contributed by atoms with Crippen molar-refractivity contribution in [3.63, 3.8) is 0 Å². The van der Waals surface area contributed by atoms with Crippen LogP contribution in [-0.4, -0.2) is 26.4 Å². The molecular weight excluding hydrogens is 262 g/mol. The molecule has 3 nitrogen and oxygen atoms in total. The third-order valence-corrected chi connectivity index (χ3v) is 4.98. The second kappa shape index (κ2) is 6.80. The Morgan fingerprint density at radius 1 is 1.05 bits per heavy atom. The highest BCUT2D eigenvalue weighted by molar-refractivity contribution is 5.30. The van der Waals surface area contributed by atoms with E-state index in [2.05, 4.69) is 36.5 Å². The molecule has 1 aromatic rings. The van der Waals surface area contributed by atoms with E-state index in [4.69, 9.17) is 9.47 Å². The Morgan fingerprint density at radius 2 is 1.71 bits per heavy atom. The minimum absolute atomic E-state index is 0.494. The normalized spacial score (nSPS) is 22.8. The van der Waals surface area contributed by atoms with Crippen LogP contribution in [0.1, 0.15) is 44.2 Å². The molecule has 1 saturated heterocycles. The summed E-state index contributed by atoms with van der Waals surface area (Å²) < 4.78 is 10.8. The molecule has 2 fully saturated rings. The zero-order valence-electron chi connectivity index (χ0n) is 13.2. The second-order valence-corrected chi connectivity index (χ2v) is 6.49. The van der Waals surface area contributed by atoms with Crippen LogP contribution in [-0.2, 0) is 4.74 Å². The molecule has 0 bridgehead atoms.